The van der Waals surface area contributed by atoms with Crippen LogP contribution in [0.25, 0.3) is 11.1 Å². The maximum atomic E-state index is 15.0. The lowest BCUT2D eigenvalue weighted by Gasteiger charge is -2.40. The zero-order valence-electron chi connectivity index (χ0n) is 17.0. The Hall–Kier alpha value is -1.86. The van der Waals surface area contributed by atoms with E-state index in [1.165, 1.54) is 12.1 Å². The Balaban J connectivity index is 2.07. The van der Waals surface area contributed by atoms with Crippen molar-refractivity contribution in [2.75, 3.05) is 33.4 Å². The number of hydrogen-bond acceptors (Lipinski definition) is 4. The van der Waals surface area contributed by atoms with E-state index in [2.05, 4.69) is 5.32 Å². The fraction of sp³-hybridized carbons (Fsp3) is 0.478. The van der Waals surface area contributed by atoms with Crippen molar-refractivity contribution in [3.63, 3.8) is 0 Å². The Kier molecular flexibility index (Phi) is 7.35. The van der Waals surface area contributed by atoms with Crippen LogP contribution < -0.4 is 5.32 Å². The van der Waals surface area contributed by atoms with Crippen molar-refractivity contribution in [1.82, 2.24) is 5.32 Å². The minimum Gasteiger partial charge on any atom is -0.385 e. The third kappa shape index (κ3) is 4.83. The Bertz CT molecular complexity index is 824. The van der Waals surface area contributed by atoms with Gasteiger partial charge in [0.15, 0.2) is 0 Å². The summed E-state index contributed by atoms with van der Waals surface area (Å²) in [5.74, 6) is -0.797. The summed E-state index contributed by atoms with van der Waals surface area (Å²) in [5.41, 5.74) is 0.335. The number of nitrogens with one attached hydrogen (secondary N) is 1. The van der Waals surface area contributed by atoms with E-state index in [1.54, 1.807) is 38.3 Å². The number of benzene rings is 2. The monoisotopic (exact) mass is 405 g/mol. The molecule has 1 aliphatic heterocycles. The van der Waals surface area contributed by atoms with Gasteiger partial charge in [0.25, 0.3) is 0 Å². The molecular weight excluding hydrogens is 376 g/mol. The molecule has 4 nitrogen and oxygen atoms in total. The fourth-order valence-electron chi connectivity index (χ4n) is 3.96. The molecule has 0 aromatic heterocycles. The molecule has 29 heavy (non-hydrogen) atoms. The van der Waals surface area contributed by atoms with Crippen LogP contribution in [0.5, 0.6) is 0 Å². The van der Waals surface area contributed by atoms with Crippen LogP contribution in [0.1, 0.15) is 30.4 Å². The van der Waals surface area contributed by atoms with E-state index >= 15 is 4.39 Å². The molecule has 2 N–H and O–H groups in total. The standard InChI is InChI=1S/C23H29F2NO3/c1-16-14-17(8-9-19(16)24)22-18(6-5-7-20(22)25)23(27,10-3-4-12-28-2)21-15-26-11-13-29-21/h5-9,14,21,26-27H,3-4,10-13,15H2,1-2H3/t21-,23-/m1/s1. The molecule has 1 saturated heterocycles. The lowest BCUT2D eigenvalue weighted by atomic mass is 9.79. The number of hydrogen-bond donors (Lipinski definition) is 2. The number of aryl methyl sites for hydroxylation is 1. The van der Waals surface area contributed by atoms with Gasteiger partial charge < -0.3 is 19.9 Å². The van der Waals surface area contributed by atoms with E-state index in [1.807, 2.05) is 0 Å². The van der Waals surface area contributed by atoms with Crippen molar-refractivity contribution in [2.24, 2.45) is 0 Å². The van der Waals surface area contributed by atoms with Gasteiger partial charge >= 0.3 is 0 Å². The number of morpholine rings is 1. The molecule has 0 spiro atoms. The number of unbranched alkanes of at least 4 members (excludes halogenated alkanes) is 1. The molecule has 1 aliphatic rings. The molecule has 0 amide bonds. The summed E-state index contributed by atoms with van der Waals surface area (Å²) in [7, 11) is 1.64. The first-order valence-corrected chi connectivity index (χ1v) is 10.1. The maximum Gasteiger partial charge on any atom is 0.131 e. The van der Waals surface area contributed by atoms with Gasteiger partial charge in [-0.3, -0.25) is 0 Å². The molecule has 2 atom stereocenters. The predicted molar refractivity (Wildman–Crippen MR) is 109 cm³/mol. The highest BCUT2D eigenvalue weighted by Crippen LogP contribution is 2.40. The largest absolute Gasteiger partial charge is 0.385 e. The van der Waals surface area contributed by atoms with Crippen LogP contribution in [0.15, 0.2) is 36.4 Å². The summed E-state index contributed by atoms with van der Waals surface area (Å²) in [4.78, 5) is 0. The molecule has 158 valence electrons. The minimum atomic E-state index is -1.39. The van der Waals surface area contributed by atoms with Crippen LogP contribution in [0, 0.1) is 18.6 Å². The zero-order chi connectivity index (χ0) is 20.9. The second-order valence-corrected chi connectivity index (χ2v) is 7.56. The average Bonchev–Trinajstić information content (AvgIpc) is 2.73. The Morgan fingerprint density at radius 3 is 2.72 bits per heavy atom. The molecule has 6 heteroatoms. The Morgan fingerprint density at radius 1 is 1.21 bits per heavy atom. The number of ether oxygens (including phenoxy) is 2. The molecule has 2 aromatic carbocycles. The summed E-state index contributed by atoms with van der Waals surface area (Å²) in [5, 5.41) is 15.1. The van der Waals surface area contributed by atoms with Crippen LogP contribution in [-0.2, 0) is 15.1 Å². The lowest BCUT2D eigenvalue weighted by molar-refractivity contribution is -0.129. The van der Waals surface area contributed by atoms with E-state index in [-0.39, 0.29) is 5.82 Å². The fourth-order valence-corrected chi connectivity index (χ4v) is 3.96. The SMILES string of the molecule is COCCCC[C@@](O)(c1cccc(F)c1-c1ccc(F)c(C)c1)[C@H]1CNCCO1. The third-order valence-electron chi connectivity index (χ3n) is 5.54. The summed E-state index contributed by atoms with van der Waals surface area (Å²) in [6, 6.07) is 9.20. The van der Waals surface area contributed by atoms with Gasteiger partial charge in [-0.2, -0.15) is 0 Å². The van der Waals surface area contributed by atoms with E-state index in [9.17, 15) is 9.50 Å². The topological polar surface area (TPSA) is 50.7 Å². The van der Waals surface area contributed by atoms with Gasteiger partial charge in [0.05, 0.1) is 6.61 Å². The predicted octanol–water partition coefficient (Wildman–Crippen LogP) is 3.93. The first kappa shape index (κ1) is 21.8. The van der Waals surface area contributed by atoms with Crippen molar-refractivity contribution in [2.45, 2.75) is 37.9 Å². The summed E-state index contributed by atoms with van der Waals surface area (Å²) in [6.07, 6.45) is 1.36. The molecule has 0 saturated carbocycles. The van der Waals surface area contributed by atoms with E-state index in [0.717, 1.165) is 6.42 Å². The van der Waals surface area contributed by atoms with Crippen molar-refractivity contribution in [1.29, 1.82) is 0 Å². The molecule has 0 aliphatic carbocycles. The molecule has 0 unspecified atom stereocenters. The number of methoxy groups -OCH3 is 1. The van der Waals surface area contributed by atoms with Crippen molar-refractivity contribution >= 4 is 0 Å². The van der Waals surface area contributed by atoms with Gasteiger partial charge in [-0.15, -0.1) is 0 Å². The highest BCUT2D eigenvalue weighted by atomic mass is 19.1. The summed E-state index contributed by atoms with van der Waals surface area (Å²) < 4.78 is 39.8. The first-order chi connectivity index (χ1) is 14.0. The van der Waals surface area contributed by atoms with Gasteiger partial charge in [0, 0.05) is 32.4 Å². The third-order valence-corrected chi connectivity index (χ3v) is 5.54. The molecular formula is C23H29F2NO3. The maximum absolute atomic E-state index is 15.0. The molecule has 0 radical (unpaired) electrons. The van der Waals surface area contributed by atoms with Crippen molar-refractivity contribution in [3.05, 3.63) is 59.2 Å². The first-order valence-electron chi connectivity index (χ1n) is 10.1. The minimum absolute atomic E-state index is 0.291. The second kappa shape index (κ2) is 9.76. The van der Waals surface area contributed by atoms with Gasteiger partial charge in [0.1, 0.15) is 23.3 Å². The number of rotatable bonds is 8. The van der Waals surface area contributed by atoms with Crippen molar-refractivity contribution < 1.29 is 23.4 Å². The average molecular weight is 405 g/mol. The normalized spacial score (nSPS) is 19.1. The molecule has 1 heterocycles. The molecule has 1 fully saturated rings. The van der Waals surface area contributed by atoms with Crippen LogP contribution in [-0.4, -0.2) is 44.6 Å². The van der Waals surface area contributed by atoms with Crippen LogP contribution in [0.4, 0.5) is 8.78 Å². The number of aliphatic hydroxyl groups is 1. The Morgan fingerprint density at radius 2 is 2.03 bits per heavy atom. The van der Waals surface area contributed by atoms with E-state index in [4.69, 9.17) is 9.47 Å². The summed E-state index contributed by atoms with van der Waals surface area (Å²) >= 11 is 0. The second-order valence-electron chi connectivity index (χ2n) is 7.56. The molecule has 0 bridgehead atoms. The number of halogens is 2. The Labute approximate surface area is 170 Å². The smallest absolute Gasteiger partial charge is 0.131 e. The zero-order valence-corrected chi connectivity index (χ0v) is 17.0. The van der Waals surface area contributed by atoms with Gasteiger partial charge in [-0.25, -0.2) is 8.78 Å². The summed E-state index contributed by atoms with van der Waals surface area (Å²) in [6.45, 7) is 3.89. The van der Waals surface area contributed by atoms with E-state index in [0.29, 0.717) is 61.4 Å². The van der Waals surface area contributed by atoms with Gasteiger partial charge in [-0.05, 0) is 61.1 Å². The highest BCUT2D eigenvalue weighted by Gasteiger charge is 2.42. The lowest BCUT2D eigenvalue weighted by Crippen LogP contribution is -2.51. The van der Waals surface area contributed by atoms with Crippen LogP contribution in [0.3, 0.4) is 0 Å². The quantitative estimate of drug-likeness (QED) is 0.654. The van der Waals surface area contributed by atoms with Crippen LogP contribution in [0.2, 0.25) is 0 Å². The van der Waals surface area contributed by atoms with Gasteiger partial charge in [0.2, 0.25) is 0 Å². The van der Waals surface area contributed by atoms with E-state index < -0.39 is 17.5 Å². The van der Waals surface area contributed by atoms with Gasteiger partial charge in [-0.1, -0.05) is 18.2 Å². The van der Waals surface area contributed by atoms with Crippen LogP contribution >= 0.6 is 0 Å². The molecule has 2 aromatic rings. The highest BCUT2D eigenvalue weighted by molar-refractivity contribution is 5.70. The van der Waals surface area contributed by atoms with Crippen molar-refractivity contribution in [3.8, 4) is 11.1 Å². The molecule has 3 rings (SSSR count).